The average Bonchev–Trinajstić information content (AvgIpc) is 2.98. The summed E-state index contributed by atoms with van der Waals surface area (Å²) < 4.78 is 64.0. The van der Waals surface area contributed by atoms with Crippen molar-refractivity contribution in [2.24, 2.45) is 0 Å². The van der Waals surface area contributed by atoms with Gasteiger partial charge in [-0.1, -0.05) is 29.8 Å². The van der Waals surface area contributed by atoms with Gasteiger partial charge < -0.3 is 4.98 Å². The standard InChI is InChI=1S/C18H14ClF3N2O2S/c1-10-7-11(9-12(19)8-10)15-16(24-17(23-15)18(20,21)22)13-5-3-4-6-14(13)27(2,25)26/h3-9H,1-2H3,(H,23,24). The van der Waals surface area contributed by atoms with Crippen molar-refractivity contribution in [1.29, 1.82) is 0 Å². The normalized spacial score (nSPS) is 12.4. The van der Waals surface area contributed by atoms with Crippen LogP contribution in [0.15, 0.2) is 47.4 Å². The van der Waals surface area contributed by atoms with Crippen LogP contribution in [0.2, 0.25) is 5.02 Å². The van der Waals surface area contributed by atoms with Crippen LogP contribution in [0.5, 0.6) is 0 Å². The first-order valence-electron chi connectivity index (χ1n) is 7.71. The second kappa shape index (κ2) is 6.69. The minimum Gasteiger partial charge on any atom is -0.334 e. The van der Waals surface area contributed by atoms with Crippen LogP contribution in [0, 0.1) is 6.92 Å². The Balaban J connectivity index is 2.36. The highest BCUT2D eigenvalue weighted by Gasteiger charge is 2.36. The van der Waals surface area contributed by atoms with Crippen LogP contribution in [-0.2, 0) is 16.0 Å². The van der Waals surface area contributed by atoms with E-state index in [9.17, 15) is 21.6 Å². The predicted molar refractivity (Wildman–Crippen MR) is 97.3 cm³/mol. The number of halogens is 4. The highest BCUT2D eigenvalue weighted by atomic mass is 35.5. The third-order valence-corrected chi connectivity index (χ3v) is 5.22. The molecular formula is C18H14ClF3N2O2S. The van der Waals surface area contributed by atoms with Crippen LogP contribution < -0.4 is 0 Å². The Hall–Kier alpha value is -2.32. The Morgan fingerprint density at radius 1 is 1.11 bits per heavy atom. The predicted octanol–water partition coefficient (Wildman–Crippen LogP) is 5.13. The molecular weight excluding hydrogens is 401 g/mol. The minimum absolute atomic E-state index is 0.0241. The third kappa shape index (κ3) is 4.01. The van der Waals surface area contributed by atoms with Gasteiger partial charge in [0.25, 0.3) is 0 Å². The van der Waals surface area contributed by atoms with Crippen molar-refractivity contribution >= 4 is 21.4 Å². The first kappa shape index (κ1) is 19.4. The van der Waals surface area contributed by atoms with Crippen LogP contribution in [0.25, 0.3) is 22.5 Å². The molecule has 2 aromatic carbocycles. The van der Waals surface area contributed by atoms with Gasteiger partial charge in [0.2, 0.25) is 5.82 Å². The van der Waals surface area contributed by atoms with Crippen molar-refractivity contribution in [2.45, 2.75) is 18.0 Å². The van der Waals surface area contributed by atoms with Crippen molar-refractivity contribution in [3.05, 3.63) is 58.9 Å². The second-order valence-electron chi connectivity index (χ2n) is 6.09. The molecule has 0 atom stereocenters. The second-order valence-corrected chi connectivity index (χ2v) is 8.51. The minimum atomic E-state index is -4.72. The Kier molecular flexibility index (Phi) is 4.81. The number of hydrogen-bond donors (Lipinski definition) is 1. The number of nitrogens with one attached hydrogen (secondary N) is 1. The maximum atomic E-state index is 13.3. The molecule has 0 saturated carbocycles. The van der Waals surface area contributed by atoms with E-state index >= 15 is 0 Å². The van der Waals surface area contributed by atoms with E-state index in [1.54, 1.807) is 25.1 Å². The fourth-order valence-electron chi connectivity index (χ4n) is 2.78. The number of hydrogen-bond acceptors (Lipinski definition) is 3. The highest BCUT2D eigenvalue weighted by molar-refractivity contribution is 7.90. The molecule has 0 amide bonds. The van der Waals surface area contributed by atoms with Crippen molar-refractivity contribution in [1.82, 2.24) is 9.97 Å². The lowest BCUT2D eigenvalue weighted by Gasteiger charge is -2.09. The number of aromatic amines is 1. The molecule has 0 spiro atoms. The van der Waals surface area contributed by atoms with Crippen LogP contribution in [-0.4, -0.2) is 24.6 Å². The van der Waals surface area contributed by atoms with Crippen molar-refractivity contribution < 1.29 is 21.6 Å². The van der Waals surface area contributed by atoms with Crippen LogP contribution in [0.3, 0.4) is 0 Å². The monoisotopic (exact) mass is 414 g/mol. The average molecular weight is 415 g/mol. The Morgan fingerprint density at radius 2 is 1.78 bits per heavy atom. The molecule has 0 saturated heterocycles. The van der Waals surface area contributed by atoms with Gasteiger partial charge in [0.15, 0.2) is 9.84 Å². The van der Waals surface area contributed by atoms with Gasteiger partial charge in [-0.25, -0.2) is 13.4 Å². The van der Waals surface area contributed by atoms with E-state index in [0.717, 1.165) is 11.8 Å². The number of sulfone groups is 1. The zero-order valence-electron chi connectivity index (χ0n) is 14.2. The molecule has 0 aliphatic rings. The van der Waals surface area contributed by atoms with Crippen LogP contribution in [0.4, 0.5) is 13.2 Å². The lowest BCUT2D eigenvalue weighted by Crippen LogP contribution is -2.07. The SMILES string of the molecule is Cc1cc(Cl)cc(-c2nc(C(F)(F)F)[nH]c2-c2ccccc2S(C)(=O)=O)c1. The van der Waals surface area contributed by atoms with Crippen molar-refractivity contribution in [3.8, 4) is 22.5 Å². The number of nitrogens with zero attached hydrogens (tertiary/aromatic N) is 1. The number of H-pyrrole nitrogens is 1. The molecule has 0 aliphatic heterocycles. The largest absolute Gasteiger partial charge is 0.449 e. The lowest BCUT2D eigenvalue weighted by atomic mass is 10.0. The fraction of sp³-hybridized carbons (Fsp3) is 0.167. The Labute approximate surface area is 158 Å². The molecule has 3 rings (SSSR count). The van der Waals surface area contributed by atoms with E-state index in [2.05, 4.69) is 9.97 Å². The summed E-state index contributed by atoms with van der Waals surface area (Å²) in [6.07, 6.45) is -3.73. The molecule has 142 valence electrons. The topological polar surface area (TPSA) is 62.8 Å². The van der Waals surface area contributed by atoms with Crippen molar-refractivity contribution in [2.75, 3.05) is 6.26 Å². The molecule has 1 N–H and O–H groups in total. The van der Waals surface area contributed by atoms with Gasteiger partial charge in [-0.3, -0.25) is 0 Å². The molecule has 0 fully saturated rings. The Bertz CT molecular complexity index is 1100. The van der Waals surface area contributed by atoms with Gasteiger partial charge in [0.1, 0.15) is 0 Å². The van der Waals surface area contributed by atoms with Gasteiger partial charge in [0.05, 0.1) is 16.3 Å². The molecule has 9 heteroatoms. The third-order valence-electron chi connectivity index (χ3n) is 3.84. The number of alkyl halides is 3. The maximum Gasteiger partial charge on any atom is 0.449 e. The molecule has 3 aromatic rings. The van der Waals surface area contributed by atoms with Gasteiger partial charge in [-0.15, -0.1) is 0 Å². The molecule has 1 aromatic heterocycles. The zero-order chi connectivity index (χ0) is 20.0. The summed E-state index contributed by atoms with van der Waals surface area (Å²) in [6.45, 7) is 1.75. The van der Waals surface area contributed by atoms with E-state index in [0.29, 0.717) is 10.6 Å². The summed E-state index contributed by atoms with van der Waals surface area (Å²) in [7, 11) is -3.68. The first-order chi connectivity index (χ1) is 12.5. The quantitative estimate of drug-likeness (QED) is 0.646. The number of rotatable bonds is 3. The van der Waals surface area contributed by atoms with Gasteiger partial charge in [-0.2, -0.15) is 13.2 Å². The van der Waals surface area contributed by atoms with E-state index in [4.69, 9.17) is 11.6 Å². The molecule has 0 aliphatic carbocycles. The van der Waals surface area contributed by atoms with Crippen LogP contribution in [0.1, 0.15) is 11.4 Å². The van der Waals surface area contributed by atoms with E-state index < -0.39 is 21.8 Å². The number of aryl methyl sites for hydroxylation is 1. The molecule has 0 unspecified atom stereocenters. The summed E-state index contributed by atoms with van der Waals surface area (Å²) in [5, 5.41) is 0.337. The van der Waals surface area contributed by atoms with Crippen molar-refractivity contribution in [3.63, 3.8) is 0 Å². The van der Waals surface area contributed by atoms with Crippen LogP contribution >= 0.6 is 11.6 Å². The Morgan fingerprint density at radius 3 is 2.37 bits per heavy atom. The highest BCUT2D eigenvalue weighted by Crippen LogP contribution is 2.38. The summed E-state index contributed by atoms with van der Waals surface area (Å²) in [5.74, 6) is -1.21. The lowest BCUT2D eigenvalue weighted by molar-refractivity contribution is -0.144. The molecule has 27 heavy (non-hydrogen) atoms. The zero-order valence-corrected chi connectivity index (χ0v) is 15.8. The molecule has 0 bridgehead atoms. The van der Waals surface area contributed by atoms with Gasteiger partial charge >= 0.3 is 6.18 Å². The number of benzene rings is 2. The van der Waals surface area contributed by atoms with E-state index in [1.165, 1.54) is 24.3 Å². The summed E-state index contributed by atoms with van der Waals surface area (Å²) >= 11 is 6.04. The van der Waals surface area contributed by atoms with Gasteiger partial charge in [-0.05, 0) is 36.8 Å². The molecule has 1 heterocycles. The number of imidazole rings is 1. The van der Waals surface area contributed by atoms with Gasteiger partial charge in [0, 0.05) is 22.4 Å². The van der Waals surface area contributed by atoms with E-state index in [-0.39, 0.29) is 21.8 Å². The summed E-state index contributed by atoms with van der Waals surface area (Å²) in [4.78, 5) is 5.85. The molecule has 0 radical (unpaired) electrons. The maximum absolute atomic E-state index is 13.3. The van der Waals surface area contributed by atoms with E-state index in [1.807, 2.05) is 0 Å². The first-order valence-corrected chi connectivity index (χ1v) is 9.98. The fourth-order valence-corrected chi connectivity index (χ4v) is 3.97. The molecule has 4 nitrogen and oxygen atoms in total. The number of aromatic nitrogens is 2. The smallest absolute Gasteiger partial charge is 0.334 e. The summed E-state index contributed by atoms with van der Waals surface area (Å²) in [6, 6.07) is 10.6. The summed E-state index contributed by atoms with van der Waals surface area (Å²) in [5.41, 5.74) is 1.13.